The second-order valence-corrected chi connectivity index (χ2v) is 6.01. The van der Waals surface area contributed by atoms with Crippen molar-refractivity contribution >= 4 is 27.3 Å². The fraction of sp³-hybridized carbons (Fsp3) is 0.667. The van der Waals surface area contributed by atoms with Gasteiger partial charge in [-0.2, -0.15) is 0 Å². The number of nitrogens with one attached hydrogen (secondary N) is 1. The minimum atomic E-state index is 0.315. The largest absolute Gasteiger partial charge is 0.379 e. The summed E-state index contributed by atoms with van der Waals surface area (Å²) in [5.74, 6) is 0.739. The van der Waals surface area contributed by atoms with E-state index in [2.05, 4.69) is 39.6 Å². The van der Waals surface area contributed by atoms with E-state index in [1.807, 2.05) is 7.11 Å². The lowest BCUT2D eigenvalue weighted by atomic mass is 10.0. The Hall–Kier alpha value is 0.1000. The Bertz CT molecular complexity index is 338. The number of rotatable bonds is 6. The van der Waals surface area contributed by atoms with Crippen molar-refractivity contribution < 1.29 is 4.74 Å². The first-order valence-electron chi connectivity index (χ1n) is 5.77. The topological polar surface area (TPSA) is 21.3 Å². The van der Waals surface area contributed by atoms with Crippen LogP contribution in [0.3, 0.4) is 0 Å². The van der Waals surface area contributed by atoms with Crippen LogP contribution >= 0.6 is 27.3 Å². The number of ether oxygens (including phenoxy) is 1. The van der Waals surface area contributed by atoms with E-state index < -0.39 is 0 Å². The summed E-state index contributed by atoms with van der Waals surface area (Å²) >= 11 is 5.42. The van der Waals surface area contributed by atoms with Crippen LogP contribution in [0, 0.1) is 5.92 Å². The fourth-order valence-corrected chi connectivity index (χ4v) is 3.86. The number of hydrogen-bond acceptors (Lipinski definition) is 3. The predicted molar refractivity (Wildman–Crippen MR) is 72.0 cm³/mol. The zero-order chi connectivity index (χ0) is 11.5. The Morgan fingerprint density at radius 3 is 2.81 bits per heavy atom. The quantitative estimate of drug-likeness (QED) is 0.867. The standard InChI is InChI=1S/C12H18BrNOS/c1-3-14-10(11(15-2)8-4-5-8)12-9(13)6-7-16-12/h6-8,10-11,14H,3-5H2,1-2H3. The van der Waals surface area contributed by atoms with Gasteiger partial charge in [0.1, 0.15) is 0 Å². The first kappa shape index (κ1) is 12.6. The van der Waals surface area contributed by atoms with Gasteiger partial charge in [0.25, 0.3) is 0 Å². The fourth-order valence-electron chi connectivity index (χ4n) is 2.13. The third-order valence-electron chi connectivity index (χ3n) is 3.04. The van der Waals surface area contributed by atoms with E-state index >= 15 is 0 Å². The van der Waals surface area contributed by atoms with Gasteiger partial charge in [-0.05, 0) is 52.7 Å². The average Bonchev–Trinajstić information content (AvgIpc) is 3.01. The molecule has 1 aliphatic rings. The highest BCUT2D eigenvalue weighted by Crippen LogP contribution is 2.42. The lowest BCUT2D eigenvalue weighted by Crippen LogP contribution is -2.34. The second kappa shape index (κ2) is 5.63. The summed E-state index contributed by atoms with van der Waals surface area (Å²) in [6, 6.07) is 2.45. The first-order valence-corrected chi connectivity index (χ1v) is 7.44. The zero-order valence-corrected chi connectivity index (χ0v) is 12.1. The first-order chi connectivity index (χ1) is 7.77. The van der Waals surface area contributed by atoms with Gasteiger partial charge < -0.3 is 10.1 Å². The van der Waals surface area contributed by atoms with Crippen LogP contribution in [0.4, 0.5) is 0 Å². The van der Waals surface area contributed by atoms with Gasteiger partial charge in [-0.3, -0.25) is 0 Å². The van der Waals surface area contributed by atoms with Crippen LogP contribution < -0.4 is 5.32 Å². The summed E-state index contributed by atoms with van der Waals surface area (Å²) in [6.07, 6.45) is 2.93. The van der Waals surface area contributed by atoms with Crippen molar-refractivity contribution in [2.75, 3.05) is 13.7 Å². The Balaban J connectivity index is 2.18. The van der Waals surface area contributed by atoms with Crippen molar-refractivity contribution in [3.05, 3.63) is 20.8 Å². The highest BCUT2D eigenvalue weighted by atomic mass is 79.9. The molecule has 2 rings (SSSR count). The summed E-state index contributed by atoms with van der Waals surface area (Å²) < 4.78 is 6.89. The van der Waals surface area contributed by atoms with Crippen LogP contribution in [0.2, 0.25) is 0 Å². The second-order valence-electron chi connectivity index (χ2n) is 4.21. The van der Waals surface area contributed by atoms with Crippen molar-refractivity contribution in [1.82, 2.24) is 5.32 Å². The number of halogens is 1. The molecule has 1 aromatic rings. The molecular formula is C12H18BrNOS. The van der Waals surface area contributed by atoms with Gasteiger partial charge >= 0.3 is 0 Å². The van der Waals surface area contributed by atoms with Gasteiger partial charge in [0.2, 0.25) is 0 Å². The number of hydrogen-bond donors (Lipinski definition) is 1. The Kier molecular flexibility index (Phi) is 4.41. The molecule has 0 amide bonds. The van der Waals surface area contributed by atoms with E-state index in [0.29, 0.717) is 12.1 Å². The summed E-state index contributed by atoms with van der Waals surface area (Å²) in [5, 5.41) is 5.68. The van der Waals surface area contributed by atoms with Crippen molar-refractivity contribution in [3.63, 3.8) is 0 Å². The molecule has 16 heavy (non-hydrogen) atoms. The van der Waals surface area contributed by atoms with Crippen molar-refractivity contribution in [1.29, 1.82) is 0 Å². The SMILES string of the molecule is CCNC(c1sccc1Br)C(OC)C1CC1. The van der Waals surface area contributed by atoms with E-state index in [1.165, 1.54) is 22.2 Å². The van der Waals surface area contributed by atoms with Crippen molar-refractivity contribution in [3.8, 4) is 0 Å². The molecule has 4 heteroatoms. The van der Waals surface area contributed by atoms with Crippen molar-refractivity contribution in [2.45, 2.75) is 31.9 Å². The molecule has 0 aromatic carbocycles. The minimum Gasteiger partial charge on any atom is -0.379 e. The Labute approximate surface area is 110 Å². The third kappa shape index (κ3) is 2.67. The molecular weight excluding hydrogens is 286 g/mol. The van der Waals surface area contributed by atoms with E-state index in [4.69, 9.17) is 4.74 Å². The maximum absolute atomic E-state index is 5.69. The summed E-state index contributed by atoms with van der Waals surface area (Å²) in [5.41, 5.74) is 0. The molecule has 2 nitrogen and oxygen atoms in total. The summed E-state index contributed by atoms with van der Waals surface area (Å²) in [6.45, 7) is 3.12. The molecule has 1 fully saturated rings. The highest BCUT2D eigenvalue weighted by molar-refractivity contribution is 9.10. The van der Waals surface area contributed by atoms with Crippen LogP contribution in [0.25, 0.3) is 0 Å². The minimum absolute atomic E-state index is 0.315. The van der Waals surface area contributed by atoms with Crippen LogP contribution in [0.15, 0.2) is 15.9 Å². The summed E-state index contributed by atoms with van der Waals surface area (Å²) in [7, 11) is 1.83. The normalized spacial score (nSPS) is 19.7. The molecule has 0 saturated heterocycles. The number of likely N-dealkylation sites (N-methyl/N-ethyl adjacent to an activating group) is 1. The smallest absolute Gasteiger partial charge is 0.0802 e. The van der Waals surface area contributed by atoms with Gasteiger partial charge in [0, 0.05) is 16.5 Å². The Morgan fingerprint density at radius 1 is 1.62 bits per heavy atom. The molecule has 1 aromatic heterocycles. The van der Waals surface area contributed by atoms with Crippen LogP contribution in [0.1, 0.15) is 30.7 Å². The van der Waals surface area contributed by atoms with E-state index in [1.54, 1.807) is 11.3 Å². The van der Waals surface area contributed by atoms with Gasteiger partial charge in [-0.25, -0.2) is 0 Å². The molecule has 0 aliphatic heterocycles. The van der Waals surface area contributed by atoms with E-state index in [9.17, 15) is 0 Å². The molecule has 1 saturated carbocycles. The van der Waals surface area contributed by atoms with E-state index in [0.717, 1.165) is 12.5 Å². The Morgan fingerprint density at radius 2 is 2.38 bits per heavy atom. The molecule has 0 radical (unpaired) electrons. The lowest BCUT2D eigenvalue weighted by molar-refractivity contribution is 0.0520. The summed E-state index contributed by atoms with van der Waals surface area (Å²) in [4.78, 5) is 1.36. The molecule has 2 unspecified atom stereocenters. The molecule has 1 heterocycles. The number of thiophene rings is 1. The molecule has 0 spiro atoms. The predicted octanol–water partition coefficient (Wildman–Crippen LogP) is 3.59. The van der Waals surface area contributed by atoms with Gasteiger partial charge in [0.05, 0.1) is 12.1 Å². The molecule has 0 bridgehead atoms. The van der Waals surface area contributed by atoms with Gasteiger partial charge in [-0.1, -0.05) is 6.92 Å². The van der Waals surface area contributed by atoms with Crippen LogP contribution in [0.5, 0.6) is 0 Å². The zero-order valence-electron chi connectivity index (χ0n) is 9.70. The molecule has 90 valence electrons. The molecule has 1 N–H and O–H groups in total. The van der Waals surface area contributed by atoms with Gasteiger partial charge in [0.15, 0.2) is 0 Å². The van der Waals surface area contributed by atoms with Gasteiger partial charge in [-0.15, -0.1) is 11.3 Å². The monoisotopic (exact) mass is 303 g/mol. The van der Waals surface area contributed by atoms with Crippen LogP contribution in [-0.4, -0.2) is 19.8 Å². The molecule has 1 aliphatic carbocycles. The van der Waals surface area contributed by atoms with E-state index in [-0.39, 0.29) is 0 Å². The molecule has 2 atom stereocenters. The average molecular weight is 304 g/mol. The highest BCUT2D eigenvalue weighted by Gasteiger charge is 2.38. The number of methoxy groups -OCH3 is 1. The third-order valence-corrected chi connectivity index (χ3v) is 4.99. The van der Waals surface area contributed by atoms with Crippen LogP contribution in [-0.2, 0) is 4.74 Å². The van der Waals surface area contributed by atoms with Crippen molar-refractivity contribution in [2.24, 2.45) is 5.92 Å². The lowest BCUT2D eigenvalue weighted by Gasteiger charge is -2.26. The maximum Gasteiger partial charge on any atom is 0.0802 e. The maximum atomic E-state index is 5.69.